The van der Waals surface area contributed by atoms with Gasteiger partial charge in [0.25, 0.3) is 0 Å². The molecule has 1 rings (SSSR count). The Morgan fingerprint density at radius 2 is 1.30 bits per heavy atom. The summed E-state index contributed by atoms with van der Waals surface area (Å²) in [6, 6.07) is 0. The molecule has 3 nitrogen and oxygen atoms in total. The molecular formula is C20H31O3. The Bertz CT molecular complexity index is 517. The monoisotopic (exact) mass is 319 g/mol. The number of benzene rings is 1. The summed E-state index contributed by atoms with van der Waals surface area (Å²) >= 11 is 0. The number of carbonyl (C=O) groups is 1. The van der Waals surface area contributed by atoms with Crippen molar-refractivity contribution in [2.45, 2.75) is 80.6 Å². The second-order valence-corrected chi connectivity index (χ2v) is 6.47. The number of hydrogen-bond donors (Lipinski definition) is 0. The van der Waals surface area contributed by atoms with E-state index in [0.717, 1.165) is 41.2 Å². The molecule has 3 heteroatoms. The first kappa shape index (κ1) is 19.7. The van der Waals surface area contributed by atoms with E-state index in [4.69, 9.17) is 9.78 Å². The van der Waals surface area contributed by atoms with Crippen LogP contribution in [0.25, 0.3) is 0 Å². The highest BCUT2D eigenvalue weighted by Crippen LogP contribution is 2.27. The summed E-state index contributed by atoms with van der Waals surface area (Å²) in [5.74, 6) is -0.404. The third-order valence-electron chi connectivity index (χ3n) is 4.85. The lowest BCUT2D eigenvalue weighted by molar-refractivity contribution is -0.233. The molecule has 0 spiro atoms. The van der Waals surface area contributed by atoms with Crippen molar-refractivity contribution in [3.63, 3.8) is 0 Å². The predicted molar refractivity (Wildman–Crippen MR) is 94.3 cm³/mol. The van der Waals surface area contributed by atoms with Crippen LogP contribution in [0.3, 0.4) is 0 Å². The van der Waals surface area contributed by atoms with Crippen molar-refractivity contribution in [1.82, 2.24) is 0 Å². The van der Waals surface area contributed by atoms with E-state index in [2.05, 4.69) is 13.8 Å². The minimum Gasteiger partial charge on any atom is -0.292 e. The minimum atomic E-state index is -0.404. The largest absolute Gasteiger partial charge is 0.373 e. The second kappa shape index (κ2) is 9.07. The molecule has 0 N–H and O–H groups in total. The van der Waals surface area contributed by atoms with Gasteiger partial charge in [-0.1, -0.05) is 32.6 Å². The zero-order valence-corrected chi connectivity index (χ0v) is 15.8. The third-order valence-corrected chi connectivity index (χ3v) is 4.85. The van der Waals surface area contributed by atoms with Crippen LogP contribution in [0.2, 0.25) is 0 Å². The highest BCUT2D eigenvalue weighted by atomic mass is 17.2. The van der Waals surface area contributed by atoms with E-state index >= 15 is 0 Å². The van der Waals surface area contributed by atoms with Crippen molar-refractivity contribution < 1.29 is 14.6 Å². The molecule has 0 unspecified atom stereocenters. The summed E-state index contributed by atoms with van der Waals surface area (Å²) < 4.78 is 0. The Hall–Kier alpha value is -1.35. The van der Waals surface area contributed by atoms with Gasteiger partial charge in [0.2, 0.25) is 0 Å². The molecule has 0 saturated carbocycles. The van der Waals surface area contributed by atoms with E-state index < -0.39 is 5.97 Å². The summed E-state index contributed by atoms with van der Waals surface area (Å²) in [7, 11) is 0. The van der Waals surface area contributed by atoms with E-state index in [0.29, 0.717) is 5.56 Å². The molecule has 0 amide bonds. The van der Waals surface area contributed by atoms with Crippen LogP contribution in [0.5, 0.6) is 0 Å². The molecule has 0 atom stereocenters. The maximum atomic E-state index is 12.4. The molecule has 1 aromatic carbocycles. The standard InChI is InChI=1S/C20H31O3/c1-8-9-10-11-12-13(2)22-23-20(21)19-17(6)15(4)14(3)16(5)18(19)7/h8-12H2,1-7H3. The van der Waals surface area contributed by atoms with Crippen LogP contribution in [-0.2, 0) is 9.78 Å². The van der Waals surface area contributed by atoms with E-state index in [1.54, 1.807) is 0 Å². The van der Waals surface area contributed by atoms with Crippen LogP contribution < -0.4 is 0 Å². The van der Waals surface area contributed by atoms with Gasteiger partial charge in [0, 0.05) is 0 Å². The van der Waals surface area contributed by atoms with Crippen molar-refractivity contribution in [2.24, 2.45) is 0 Å². The zero-order valence-electron chi connectivity index (χ0n) is 15.8. The molecule has 1 aromatic rings. The van der Waals surface area contributed by atoms with E-state index in [1.807, 2.05) is 34.6 Å². The van der Waals surface area contributed by atoms with Gasteiger partial charge in [0.15, 0.2) is 0 Å². The lowest BCUT2D eigenvalue weighted by Gasteiger charge is -2.17. The molecule has 0 aliphatic carbocycles. The normalized spacial score (nSPS) is 11.1. The van der Waals surface area contributed by atoms with Crippen LogP contribution >= 0.6 is 0 Å². The van der Waals surface area contributed by atoms with Gasteiger partial charge in [-0.2, -0.15) is 4.89 Å². The third kappa shape index (κ3) is 5.07. The lowest BCUT2D eigenvalue weighted by Crippen LogP contribution is -2.14. The fraction of sp³-hybridized carbons (Fsp3) is 0.600. The van der Waals surface area contributed by atoms with Gasteiger partial charge in [0.05, 0.1) is 5.56 Å². The first-order valence-corrected chi connectivity index (χ1v) is 8.59. The van der Waals surface area contributed by atoms with Gasteiger partial charge in [-0.3, -0.25) is 4.89 Å². The topological polar surface area (TPSA) is 35.5 Å². The van der Waals surface area contributed by atoms with E-state index in [1.165, 1.54) is 24.8 Å². The number of rotatable bonds is 8. The first-order chi connectivity index (χ1) is 10.8. The molecule has 0 aliphatic heterocycles. The Labute approximate surface area is 141 Å². The average molecular weight is 319 g/mol. The number of unbranched alkanes of at least 4 members (excludes halogenated alkanes) is 3. The summed E-state index contributed by atoms with van der Waals surface area (Å²) in [4.78, 5) is 22.7. The summed E-state index contributed by atoms with van der Waals surface area (Å²) in [6.07, 6.45) is 6.27. The van der Waals surface area contributed by atoms with Crippen molar-refractivity contribution >= 4 is 5.97 Å². The van der Waals surface area contributed by atoms with Crippen molar-refractivity contribution in [3.8, 4) is 0 Å². The van der Waals surface area contributed by atoms with E-state index in [-0.39, 0.29) is 0 Å². The van der Waals surface area contributed by atoms with Crippen LogP contribution in [0.1, 0.15) is 84.1 Å². The molecule has 0 fully saturated rings. The van der Waals surface area contributed by atoms with Gasteiger partial charge < -0.3 is 0 Å². The molecule has 23 heavy (non-hydrogen) atoms. The predicted octanol–water partition coefficient (Wildman–Crippen LogP) is 5.84. The van der Waals surface area contributed by atoms with Crippen LogP contribution in [0.4, 0.5) is 0 Å². The highest BCUT2D eigenvalue weighted by Gasteiger charge is 2.21. The quantitative estimate of drug-likeness (QED) is 0.343. The van der Waals surface area contributed by atoms with Crippen molar-refractivity contribution in [1.29, 1.82) is 0 Å². The van der Waals surface area contributed by atoms with Crippen LogP contribution in [0, 0.1) is 40.7 Å². The molecule has 0 bridgehead atoms. The van der Waals surface area contributed by atoms with Gasteiger partial charge in [0.1, 0.15) is 6.10 Å². The van der Waals surface area contributed by atoms with Gasteiger partial charge in [-0.05, 0) is 75.8 Å². The highest BCUT2D eigenvalue weighted by molar-refractivity contribution is 5.93. The molecule has 0 aliphatic rings. The fourth-order valence-corrected chi connectivity index (χ4v) is 2.80. The minimum absolute atomic E-state index is 0.404. The van der Waals surface area contributed by atoms with Crippen molar-refractivity contribution in [2.75, 3.05) is 0 Å². The molecular weight excluding hydrogens is 288 g/mol. The Kier molecular flexibility index (Phi) is 7.77. The Morgan fingerprint density at radius 1 is 0.783 bits per heavy atom. The Balaban J connectivity index is 2.69. The Morgan fingerprint density at radius 3 is 1.83 bits per heavy atom. The van der Waals surface area contributed by atoms with Crippen molar-refractivity contribution in [3.05, 3.63) is 39.5 Å². The average Bonchev–Trinajstić information content (AvgIpc) is 2.53. The van der Waals surface area contributed by atoms with Gasteiger partial charge in [-0.15, -0.1) is 0 Å². The molecule has 0 saturated heterocycles. The smallest absolute Gasteiger partial charge is 0.292 e. The SMILES string of the molecule is CCCCCC[C](C)OOC(=O)c1c(C)c(C)c(C)c(C)c1C. The lowest BCUT2D eigenvalue weighted by atomic mass is 9.90. The molecule has 0 heterocycles. The van der Waals surface area contributed by atoms with Crippen LogP contribution in [-0.4, -0.2) is 5.97 Å². The summed E-state index contributed by atoms with van der Waals surface area (Å²) in [6.45, 7) is 14.2. The van der Waals surface area contributed by atoms with Gasteiger partial charge >= 0.3 is 5.97 Å². The molecule has 1 radical (unpaired) electrons. The maximum Gasteiger partial charge on any atom is 0.373 e. The fourth-order valence-electron chi connectivity index (χ4n) is 2.80. The first-order valence-electron chi connectivity index (χ1n) is 8.59. The molecule has 0 aromatic heterocycles. The number of hydrogen-bond acceptors (Lipinski definition) is 3. The molecule has 129 valence electrons. The summed E-state index contributed by atoms with van der Waals surface area (Å²) in [5.41, 5.74) is 6.08. The maximum absolute atomic E-state index is 12.4. The second-order valence-electron chi connectivity index (χ2n) is 6.47. The van der Waals surface area contributed by atoms with E-state index in [9.17, 15) is 4.79 Å². The number of carbonyl (C=O) groups excluding carboxylic acids is 1. The summed E-state index contributed by atoms with van der Waals surface area (Å²) in [5, 5.41) is 0. The van der Waals surface area contributed by atoms with Gasteiger partial charge in [-0.25, -0.2) is 4.79 Å². The van der Waals surface area contributed by atoms with Crippen LogP contribution in [0.15, 0.2) is 0 Å². The zero-order chi connectivity index (χ0) is 17.6.